The molecule has 1 aromatic rings. The maximum Gasteiger partial charge on any atom is 0.339 e. The van der Waals surface area contributed by atoms with Crippen LogP contribution in [0.15, 0.2) is 18.2 Å². The molecule has 2 N–H and O–H groups in total. The molecule has 0 radical (unpaired) electrons. The van der Waals surface area contributed by atoms with Crippen molar-refractivity contribution >= 4 is 17.6 Å². The topological polar surface area (TPSA) is 119 Å². The largest absolute Gasteiger partial charge is 0.484 e. The van der Waals surface area contributed by atoms with Crippen LogP contribution in [-0.4, -0.2) is 35.1 Å². The number of aromatic carboxylic acids is 1. The lowest BCUT2D eigenvalue weighted by Crippen LogP contribution is -2.25. The zero-order valence-corrected chi connectivity index (χ0v) is 10.1. The van der Waals surface area contributed by atoms with Crippen molar-refractivity contribution in [1.82, 2.24) is 5.32 Å². The summed E-state index contributed by atoms with van der Waals surface area (Å²) in [6.07, 6.45) is 0. The molecule has 0 bridgehead atoms. The van der Waals surface area contributed by atoms with Gasteiger partial charge in [-0.05, 0) is 6.07 Å². The van der Waals surface area contributed by atoms with Gasteiger partial charge in [0.15, 0.2) is 0 Å². The van der Waals surface area contributed by atoms with Crippen molar-refractivity contribution in [3.63, 3.8) is 0 Å². The standard InChI is InChI=1S/C11H12N2O6/c1-7(14)12-5-6-19-10-8(11(15)16)3-2-4-9(10)13(17)18/h2-4H,5-6H2,1H3,(H,12,14)(H,15,16). The Balaban J connectivity index is 2.92. The van der Waals surface area contributed by atoms with Crippen molar-refractivity contribution in [3.8, 4) is 5.75 Å². The lowest BCUT2D eigenvalue weighted by atomic mass is 10.2. The highest BCUT2D eigenvalue weighted by atomic mass is 16.6. The summed E-state index contributed by atoms with van der Waals surface area (Å²) in [7, 11) is 0. The van der Waals surface area contributed by atoms with E-state index in [1.807, 2.05) is 0 Å². The van der Waals surface area contributed by atoms with E-state index in [1.165, 1.54) is 19.1 Å². The van der Waals surface area contributed by atoms with Gasteiger partial charge in [0, 0.05) is 13.0 Å². The molecule has 102 valence electrons. The van der Waals surface area contributed by atoms with Gasteiger partial charge in [-0.3, -0.25) is 14.9 Å². The fourth-order valence-electron chi connectivity index (χ4n) is 1.37. The third-order valence-corrected chi connectivity index (χ3v) is 2.14. The third-order valence-electron chi connectivity index (χ3n) is 2.14. The van der Waals surface area contributed by atoms with Crippen molar-refractivity contribution in [2.24, 2.45) is 0 Å². The molecule has 0 saturated heterocycles. The predicted molar refractivity (Wildman–Crippen MR) is 64.2 cm³/mol. The molecule has 0 aliphatic heterocycles. The van der Waals surface area contributed by atoms with Crippen molar-refractivity contribution in [2.45, 2.75) is 6.92 Å². The van der Waals surface area contributed by atoms with E-state index in [-0.39, 0.29) is 30.4 Å². The number of nitro benzene ring substituents is 1. The molecule has 0 aliphatic carbocycles. The molecular formula is C11H12N2O6. The number of para-hydroxylation sites is 1. The normalized spacial score (nSPS) is 9.74. The Morgan fingerprint density at radius 2 is 2.16 bits per heavy atom. The summed E-state index contributed by atoms with van der Waals surface area (Å²) in [4.78, 5) is 31.7. The van der Waals surface area contributed by atoms with Crippen LogP contribution in [0.2, 0.25) is 0 Å². The maximum absolute atomic E-state index is 11.0. The number of carbonyl (C=O) groups is 2. The molecule has 8 heteroatoms. The fraction of sp³-hybridized carbons (Fsp3) is 0.273. The number of hydrogen-bond donors (Lipinski definition) is 2. The van der Waals surface area contributed by atoms with Gasteiger partial charge in [-0.25, -0.2) is 4.79 Å². The summed E-state index contributed by atoms with van der Waals surface area (Å²) in [5, 5.41) is 22.2. The van der Waals surface area contributed by atoms with Gasteiger partial charge in [-0.15, -0.1) is 0 Å². The van der Waals surface area contributed by atoms with Crippen molar-refractivity contribution in [2.75, 3.05) is 13.2 Å². The summed E-state index contributed by atoms with van der Waals surface area (Å²) >= 11 is 0. The highest BCUT2D eigenvalue weighted by molar-refractivity contribution is 5.92. The predicted octanol–water partition coefficient (Wildman–Crippen LogP) is 0.808. The number of nitrogens with one attached hydrogen (secondary N) is 1. The first-order chi connectivity index (χ1) is 8.93. The van der Waals surface area contributed by atoms with Crippen LogP contribution in [0.25, 0.3) is 0 Å². The van der Waals surface area contributed by atoms with Gasteiger partial charge in [0.05, 0.1) is 11.5 Å². The minimum Gasteiger partial charge on any atom is -0.484 e. The zero-order valence-electron chi connectivity index (χ0n) is 10.1. The van der Waals surface area contributed by atoms with Crippen LogP contribution in [0.4, 0.5) is 5.69 Å². The van der Waals surface area contributed by atoms with Crippen molar-refractivity contribution in [3.05, 3.63) is 33.9 Å². The second-order valence-electron chi connectivity index (χ2n) is 3.55. The maximum atomic E-state index is 11.0. The molecule has 0 heterocycles. The van der Waals surface area contributed by atoms with Crippen LogP contribution in [0.1, 0.15) is 17.3 Å². The minimum absolute atomic E-state index is 0.0648. The van der Waals surface area contributed by atoms with Crippen LogP contribution in [0.3, 0.4) is 0 Å². The van der Waals surface area contributed by atoms with E-state index < -0.39 is 16.6 Å². The summed E-state index contributed by atoms with van der Waals surface area (Å²) < 4.78 is 5.10. The second-order valence-corrected chi connectivity index (χ2v) is 3.55. The van der Waals surface area contributed by atoms with E-state index in [0.29, 0.717) is 0 Å². The Morgan fingerprint density at radius 1 is 1.47 bits per heavy atom. The van der Waals surface area contributed by atoms with Crippen LogP contribution >= 0.6 is 0 Å². The van der Waals surface area contributed by atoms with E-state index in [4.69, 9.17) is 9.84 Å². The SMILES string of the molecule is CC(=O)NCCOc1c(C(=O)O)cccc1[N+](=O)[O-]. The molecule has 8 nitrogen and oxygen atoms in total. The Kier molecular flexibility index (Phi) is 4.81. The molecule has 1 rings (SSSR count). The quantitative estimate of drug-likeness (QED) is 0.447. The molecule has 19 heavy (non-hydrogen) atoms. The number of amides is 1. The van der Waals surface area contributed by atoms with Crippen molar-refractivity contribution < 1.29 is 24.4 Å². The molecule has 0 aromatic heterocycles. The van der Waals surface area contributed by atoms with Gasteiger partial charge >= 0.3 is 11.7 Å². The number of carbonyl (C=O) groups excluding carboxylic acids is 1. The van der Waals surface area contributed by atoms with Crippen LogP contribution < -0.4 is 10.1 Å². The minimum atomic E-state index is -1.32. The Bertz CT molecular complexity index is 482. The second kappa shape index (κ2) is 6.34. The summed E-state index contributed by atoms with van der Waals surface area (Å²) in [5.74, 6) is -1.91. The highest BCUT2D eigenvalue weighted by Gasteiger charge is 2.22. The molecule has 0 aliphatic rings. The summed E-state index contributed by atoms with van der Waals surface area (Å²) in [5.41, 5.74) is -0.722. The van der Waals surface area contributed by atoms with Gasteiger partial charge in [-0.2, -0.15) is 0 Å². The lowest BCUT2D eigenvalue weighted by molar-refractivity contribution is -0.385. The Hall–Kier alpha value is -2.64. The monoisotopic (exact) mass is 268 g/mol. The molecule has 0 unspecified atom stereocenters. The Labute approximate surface area is 108 Å². The Morgan fingerprint density at radius 3 is 2.68 bits per heavy atom. The van der Waals surface area contributed by atoms with Gasteiger partial charge in [-0.1, -0.05) is 6.07 Å². The number of nitro groups is 1. The highest BCUT2D eigenvalue weighted by Crippen LogP contribution is 2.30. The van der Waals surface area contributed by atoms with Gasteiger partial charge in [0.25, 0.3) is 0 Å². The average Bonchev–Trinajstić information content (AvgIpc) is 2.33. The number of nitrogens with zero attached hydrogens (tertiary/aromatic N) is 1. The number of carboxylic acids is 1. The first kappa shape index (κ1) is 14.4. The van der Waals surface area contributed by atoms with E-state index in [1.54, 1.807) is 0 Å². The van der Waals surface area contributed by atoms with E-state index in [0.717, 1.165) is 6.07 Å². The zero-order chi connectivity index (χ0) is 14.4. The molecule has 0 saturated carbocycles. The lowest BCUT2D eigenvalue weighted by Gasteiger charge is -2.09. The van der Waals surface area contributed by atoms with Gasteiger partial charge in [0.2, 0.25) is 11.7 Å². The van der Waals surface area contributed by atoms with Crippen LogP contribution in [0, 0.1) is 10.1 Å². The smallest absolute Gasteiger partial charge is 0.339 e. The van der Waals surface area contributed by atoms with Crippen LogP contribution in [-0.2, 0) is 4.79 Å². The molecular weight excluding hydrogens is 256 g/mol. The molecule has 1 amide bonds. The van der Waals surface area contributed by atoms with Gasteiger partial charge < -0.3 is 15.2 Å². The summed E-state index contributed by atoms with van der Waals surface area (Å²) in [6, 6.07) is 3.63. The average molecular weight is 268 g/mol. The van der Waals surface area contributed by atoms with E-state index >= 15 is 0 Å². The first-order valence-electron chi connectivity index (χ1n) is 5.31. The number of benzene rings is 1. The van der Waals surface area contributed by atoms with Crippen molar-refractivity contribution in [1.29, 1.82) is 0 Å². The molecule has 1 aromatic carbocycles. The van der Waals surface area contributed by atoms with E-state index in [2.05, 4.69) is 5.32 Å². The molecule has 0 fully saturated rings. The van der Waals surface area contributed by atoms with Gasteiger partial charge in [0.1, 0.15) is 12.2 Å². The first-order valence-corrected chi connectivity index (χ1v) is 5.31. The fourth-order valence-corrected chi connectivity index (χ4v) is 1.37. The number of rotatable bonds is 6. The van der Waals surface area contributed by atoms with E-state index in [9.17, 15) is 19.7 Å². The summed E-state index contributed by atoms with van der Waals surface area (Å²) in [6.45, 7) is 1.37. The molecule has 0 spiro atoms. The third kappa shape index (κ3) is 3.95. The van der Waals surface area contributed by atoms with Crippen LogP contribution in [0.5, 0.6) is 5.75 Å². The number of ether oxygens (including phenoxy) is 1. The number of carboxylic acid groups (broad SMARTS) is 1. The number of hydrogen-bond acceptors (Lipinski definition) is 5. The molecule has 0 atom stereocenters.